The molecule has 29 heavy (non-hydrogen) atoms. The number of nitrogens with one attached hydrogen (secondary N) is 1. The van der Waals surface area contributed by atoms with Crippen molar-refractivity contribution in [2.75, 3.05) is 30.4 Å². The highest BCUT2D eigenvalue weighted by Gasteiger charge is 2.26. The zero-order valence-corrected chi connectivity index (χ0v) is 17.1. The number of hydrogen-bond acceptors (Lipinski definition) is 8. The standard InChI is InChI=1S/C20H22N6O2S/c1-13-24-25-20(29-13)23-19(27)15-7-9-26(10-8-15)18-11-17(21-12-22-18)14-3-5-16(28-2)6-4-14/h3-6,11-12,15H,7-10H2,1-2H3,(H,23,25,27). The first-order chi connectivity index (χ1) is 14.1. The molecular weight excluding hydrogens is 388 g/mol. The molecule has 0 bridgehead atoms. The molecule has 150 valence electrons. The molecule has 1 saturated heterocycles. The van der Waals surface area contributed by atoms with Crippen LogP contribution < -0.4 is 15.0 Å². The van der Waals surface area contributed by atoms with Crippen LogP contribution in [0.5, 0.6) is 5.75 Å². The second-order valence-corrected chi connectivity index (χ2v) is 8.05. The molecule has 3 aromatic rings. The zero-order valence-electron chi connectivity index (χ0n) is 16.3. The van der Waals surface area contributed by atoms with Crippen LogP contribution in [-0.2, 0) is 4.79 Å². The van der Waals surface area contributed by atoms with E-state index in [0.29, 0.717) is 5.13 Å². The van der Waals surface area contributed by atoms with Crippen LogP contribution in [0.1, 0.15) is 17.8 Å². The van der Waals surface area contributed by atoms with Gasteiger partial charge in [-0.3, -0.25) is 4.79 Å². The van der Waals surface area contributed by atoms with Gasteiger partial charge in [0.25, 0.3) is 0 Å². The van der Waals surface area contributed by atoms with Gasteiger partial charge >= 0.3 is 0 Å². The van der Waals surface area contributed by atoms with Gasteiger partial charge in [-0.2, -0.15) is 0 Å². The molecule has 0 radical (unpaired) electrons. The van der Waals surface area contributed by atoms with Gasteiger partial charge in [0.15, 0.2) is 0 Å². The first-order valence-corrected chi connectivity index (χ1v) is 10.3. The van der Waals surface area contributed by atoms with Crippen LogP contribution in [0.4, 0.5) is 10.9 Å². The number of aromatic nitrogens is 4. The number of amides is 1. The fourth-order valence-electron chi connectivity index (χ4n) is 3.36. The van der Waals surface area contributed by atoms with E-state index in [1.165, 1.54) is 11.3 Å². The summed E-state index contributed by atoms with van der Waals surface area (Å²) in [6, 6.07) is 9.79. The third kappa shape index (κ3) is 4.51. The summed E-state index contributed by atoms with van der Waals surface area (Å²) >= 11 is 1.39. The molecule has 8 nitrogen and oxygen atoms in total. The van der Waals surface area contributed by atoms with E-state index in [9.17, 15) is 4.79 Å². The molecule has 0 aliphatic carbocycles. The Kier molecular flexibility index (Phi) is 5.66. The summed E-state index contributed by atoms with van der Waals surface area (Å²) in [6.45, 7) is 3.41. The van der Waals surface area contributed by atoms with E-state index >= 15 is 0 Å². The van der Waals surface area contributed by atoms with Crippen LogP contribution in [0, 0.1) is 12.8 Å². The van der Waals surface area contributed by atoms with E-state index in [1.807, 2.05) is 37.3 Å². The number of nitrogens with zero attached hydrogens (tertiary/aromatic N) is 5. The smallest absolute Gasteiger partial charge is 0.229 e. The number of ether oxygens (including phenoxy) is 1. The number of anilines is 2. The Balaban J connectivity index is 1.38. The molecule has 2 aromatic heterocycles. The minimum atomic E-state index is -0.0293. The number of carbonyl (C=O) groups is 1. The molecule has 3 heterocycles. The number of benzene rings is 1. The largest absolute Gasteiger partial charge is 0.497 e. The molecule has 4 rings (SSSR count). The minimum Gasteiger partial charge on any atom is -0.497 e. The lowest BCUT2D eigenvalue weighted by molar-refractivity contribution is -0.120. The van der Waals surface area contributed by atoms with Crippen LogP contribution in [0.2, 0.25) is 0 Å². The topological polar surface area (TPSA) is 93.1 Å². The molecule has 1 amide bonds. The van der Waals surface area contributed by atoms with Gasteiger partial charge in [0, 0.05) is 30.6 Å². The molecule has 0 saturated carbocycles. The second-order valence-electron chi connectivity index (χ2n) is 6.87. The van der Waals surface area contributed by atoms with E-state index in [1.54, 1.807) is 13.4 Å². The maximum Gasteiger partial charge on any atom is 0.229 e. The molecule has 1 aromatic carbocycles. The van der Waals surface area contributed by atoms with Crippen molar-refractivity contribution < 1.29 is 9.53 Å². The Morgan fingerprint density at radius 3 is 2.59 bits per heavy atom. The highest BCUT2D eigenvalue weighted by Crippen LogP contribution is 2.27. The first kappa shape index (κ1) is 19.3. The van der Waals surface area contributed by atoms with Crippen molar-refractivity contribution in [3.8, 4) is 17.0 Å². The van der Waals surface area contributed by atoms with Gasteiger partial charge < -0.3 is 15.0 Å². The minimum absolute atomic E-state index is 0.0161. The quantitative estimate of drug-likeness (QED) is 0.690. The summed E-state index contributed by atoms with van der Waals surface area (Å²) in [7, 11) is 1.65. The Morgan fingerprint density at radius 1 is 1.17 bits per heavy atom. The molecule has 1 fully saturated rings. The van der Waals surface area contributed by atoms with E-state index in [-0.39, 0.29) is 11.8 Å². The summed E-state index contributed by atoms with van der Waals surface area (Å²) in [5.41, 5.74) is 1.88. The van der Waals surface area contributed by atoms with Crippen molar-refractivity contribution in [1.29, 1.82) is 0 Å². The van der Waals surface area contributed by atoms with Crippen molar-refractivity contribution in [2.45, 2.75) is 19.8 Å². The average molecular weight is 411 g/mol. The number of hydrogen-bond donors (Lipinski definition) is 1. The lowest BCUT2D eigenvalue weighted by Crippen LogP contribution is -2.38. The second kappa shape index (κ2) is 8.52. The molecule has 1 aliphatic rings. The summed E-state index contributed by atoms with van der Waals surface area (Å²) < 4.78 is 5.21. The van der Waals surface area contributed by atoms with Gasteiger partial charge in [0.2, 0.25) is 11.0 Å². The van der Waals surface area contributed by atoms with Crippen LogP contribution in [0.15, 0.2) is 36.7 Å². The molecule has 0 atom stereocenters. The zero-order chi connectivity index (χ0) is 20.2. The number of rotatable bonds is 5. The maximum atomic E-state index is 12.5. The summed E-state index contributed by atoms with van der Waals surface area (Å²) in [4.78, 5) is 23.5. The van der Waals surface area contributed by atoms with Gasteiger partial charge in [0.1, 0.15) is 22.9 Å². The lowest BCUT2D eigenvalue weighted by Gasteiger charge is -2.32. The normalized spacial score (nSPS) is 14.6. The molecule has 9 heteroatoms. The molecule has 1 aliphatic heterocycles. The van der Waals surface area contributed by atoms with E-state index in [0.717, 1.165) is 53.8 Å². The van der Waals surface area contributed by atoms with Crippen LogP contribution in [0.25, 0.3) is 11.3 Å². The highest BCUT2D eigenvalue weighted by molar-refractivity contribution is 7.15. The third-order valence-electron chi connectivity index (χ3n) is 4.98. The first-order valence-electron chi connectivity index (χ1n) is 9.45. The van der Waals surface area contributed by atoms with Gasteiger partial charge in [-0.05, 0) is 44.0 Å². The van der Waals surface area contributed by atoms with Crippen molar-refractivity contribution >= 4 is 28.2 Å². The number of piperidine rings is 1. The molecule has 1 N–H and O–H groups in total. The lowest BCUT2D eigenvalue weighted by atomic mass is 9.96. The van der Waals surface area contributed by atoms with E-state index < -0.39 is 0 Å². The van der Waals surface area contributed by atoms with Crippen LogP contribution in [-0.4, -0.2) is 46.3 Å². The number of methoxy groups -OCH3 is 1. The van der Waals surface area contributed by atoms with Gasteiger partial charge in [-0.15, -0.1) is 10.2 Å². The van der Waals surface area contributed by atoms with E-state index in [2.05, 4.69) is 30.4 Å². The molecular formula is C20H22N6O2S. The van der Waals surface area contributed by atoms with Crippen molar-refractivity contribution in [2.24, 2.45) is 5.92 Å². The van der Waals surface area contributed by atoms with Crippen LogP contribution in [0.3, 0.4) is 0 Å². The van der Waals surface area contributed by atoms with Gasteiger partial charge in [-0.1, -0.05) is 11.3 Å². The highest BCUT2D eigenvalue weighted by atomic mass is 32.1. The van der Waals surface area contributed by atoms with Gasteiger partial charge in [-0.25, -0.2) is 9.97 Å². The van der Waals surface area contributed by atoms with Crippen LogP contribution >= 0.6 is 11.3 Å². The van der Waals surface area contributed by atoms with Crippen molar-refractivity contribution in [3.05, 3.63) is 41.7 Å². The van der Waals surface area contributed by atoms with E-state index in [4.69, 9.17) is 4.74 Å². The Hall–Kier alpha value is -3.07. The SMILES string of the molecule is COc1ccc(-c2cc(N3CCC(C(=O)Nc4nnc(C)s4)CC3)ncn2)cc1. The fourth-order valence-corrected chi connectivity index (χ4v) is 3.96. The average Bonchev–Trinajstić information content (AvgIpc) is 3.18. The molecule has 0 unspecified atom stereocenters. The third-order valence-corrected chi connectivity index (χ3v) is 5.74. The number of carbonyl (C=O) groups excluding carboxylic acids is 1. The molecule has 0 spiro atoms. The van der Waals surface area contributed by atoms with Crippen molar-refractivity contribution in [1.82, 2.24) is 20.2 Å². The monoisotopic (exact) mass is 410 g/mol. The summed E-state index contributed by atoms with van der Waals surface area (Å²) in [6.07, 6.45) is 3.13. The Labute approximate surface area is 173 Å². The Morgan fingerprint density at radius 2 is 1.93 bits per heavy atom. The maximum absolute atomic E-state index is 12.5. The fraction of sp³-hybridized carbons (Fsp3) is 0.350. The predicted octanol–water partition coefficient (Wildman–Crippen LogP) is 3.17. The summed E-state index contributed by atoms with van der Waals surface area (Å²) in [5, 5.41) is 12.2. The Bertz CT molecular complexity index is 983. The predicted molar refractivity (Wildman–Crippen MR) is 112 cm³/mol. The summed E-state index contributed by atoms with van der Waals surface area (Å²) in [5.74, 6) is 1.68. The van der Waals surface area contributed by atoms with Gasteiger partial charge in [0.05, 0.1) is 12.8 Å². The number of aryl methyl sites for hydroxylation is 1. The van der Waals surface area contributed by atoms with Crippen molar-refractivity contribution in [3.63, 3.8) is 0 Å².